The van der Waals surface area contributed by atoms with Crippen LogP contribution in [0.15, 0.2) is 30.8 Å². The molecular weight excluding hydrogens is 196 g/mol. The molecule has 0 bridgehead atoms. The van der Waals surface area contributed by atoms with Crippen molar-refractivity contribution >= 4 is 11.6 Å². The fraction of sp³-hybridized carbons (Fsp3) is 0.100. The average Bonchev–Trinajstić information content (AvgIpc) is 2.17. The highest BCUT2D eigenvalue weighted by Crippen LogP contribution is 2.13. The topological polar surface area (TPSA) is 86.2 Å². The van der Waals surface area contributed by atoms with E-state index in [2.05, 4.69) is 6.58 Å². The highest BCUT2D eigenvalue weighted by molar-refractivity contribution is 5.76. The molecule has 5 heteroatoms. The molecule has 0 fully saturated rings. The van der Waals surface area contributed by atoms with Gasteiger partial charge in [-0.25, -0.2) is 0 Å². The molecule has 15 heavy (non-hydrogen) atoms. The number of nitrogens with zero attached hydrogens (tertiary/aromatic N) is 1. The average molecular weight is 206 g/mol. The fourth-order valence-corrected chi connectivity index (χ4v) is 1.12. The minimum absolute atomic E-state index is 0.130. The number of hydrogen-bond donors (Lipinski definition) is 1. The van der Waals surface area contributed by atoms with Crippen molar-refractivity contribution in [3.63, 3.8) is 0 Å². The molecule has 1 aromatic rings. The monoisotopic (exact) mass is 206 g/mol. The van der Waals surface area contributed by atoms with Gasteiger partial charge >= 0.3 is 0 Å². The lowest BCUT2D eigenvalue weighted by atomic mass is 10.1. The van der Waals surface area contributed by atoms with Crippen LogP contribution in [0, 0.1) is 10.1 Å². The number of amides is 1. The molecule has 0 spiro atoms. The first-order valence-corrected chi connectivity index (χ1v) is 4.21. The first kappa shape index (κ1) is 10.9. The number of nitro groups is 1. The SMILES string of the molecule is C=C(c1ccc(CC(N)=O)cc1)[N+](=O)[O-]. The summed E-state index contributed by atoms with van der Waals surface area (Å²) >= 11 is 0. The molecule has 78 valence electrons. The van der Waals surface area contributed by atoms with Gasteiger partial charge in [0, 0.05) is 0 Å². The molecule has 0 aliphatic carbocycles. The van der Waals surface area contributed by atoms with Crippen LogP contribution in [-0.2, 0) is 11.2 Å². The van der Waals surface area contributed by atoms with Crippen LogP contribution in [0.3, 0.4) is 0 Å². The molecule has 0 unspecified atom stereocenters. The lowest BCUT2D eigenvalue weighted by Crippen LogP contribution is -2.13. The third-order valence-corrected chi connectivity index (χ3v) is 1.89. The Morgan fingerprint density at radius 2 is 1.93 bits per heavy atom. The summed E-state index contributed by atoms with van der Waals surface area (Å²) in [5.41, 5.74) is 5.99. The smallest absolute Gasteiger partial charge is 0.269 e. The van der Waals surface area contributed by atoms with Crippen molar-refractivity contribution in [2.75, 3.05) is 0 Å². The second-order valence-electron chi connectivity index (χ2n) is 3.04. The van der Waals surface area contributed by atoms with Crippen molar-refractivity contribution in [2.45, 2.75) is 6.42 Å². The molecule has 0 radical (unpaired) electrons. The summed E-state index contributed by atoms with van der Waals surface area (Å²) in [4.78, 5) is 20.4. The lowest BCUT2D eigenvalue weighted by molar-refractivity contribution is -0.375. The summed E-state index contributed by atoms with van der Waals surface area (Å²) in [6, 6.07) is 6.33. The quantitative estimate of drug-likeness (QED) is 0.588. The van der Waals surface area contributed by atoms with Gasteiger partial charge in [-0.2, -0.15) is 0 Å². The molecular formula is C10H10N2O3. The Morgan fingerprint density at radius 1 is 1.40 bits per heavy atom. The van der Waals surface area contributed by atoms with Crippen LogP contribution in [0.1, 0.15) is 11.1 Å². The van der Waals surface area contributed by atoms with Crippen molar-refractivity contribution in [3.05, 3.63) is 52.1 Å². The van der Waals surface area contributed by atoms with Gasteiger partial charge in [0.05, 0.1) is 16.9 Å². The number of nitrogens with two attached hydrogens (primary N) is 1. The molecule has 2 N–H and O–H groups in total. The molecule has 1 aromatic carbocycles. The van der Waals surface area contributed by atoms with Gasteiger partial charge in [0.1, 0.15) is 0 Å². The van der Waals surface area contributed by atoms with Crippen molar-refractivity contribution in [2.24, 2.45) is 5.73 Å². The Morgan fingerprint density at radius 3 is 2.33 bits per heavy atom. The normalized spacial score (nSPS) is 9.60. The van der Waals surface area contributed by atoms with Gasteiger partial charge in [-0.15, -0.1) is 0 Å². The van der Waals surface area contributed by atoms with E-state index in [0.29, 0.717) is 5.56 Å². The summed E-state index contributed by atoms with van der Waals surface area (Å²) in [5.74, 6) is -0.434. The summed E-state index contributed by atoms with van der Waals surface area (Å²) in [6.45, 7) is 3.32. The predicted octanol–water partition coefficient (Wildman–Crippen LogP) is 0.962. The van der Waals surface area contributed by atoms with Crippen LogP contribution < -0.4 is 5.73 Å². The van der Waals surface area contributed by atoms with Crippen LogP contribution in [0.25, 0.3) is 5.70 Å². The minimum Gasteiger partial charge on any atom is -0.369 e. The number of carbonyl (C=O) groups excluding carboxylic acids is 1. The van der Waals surface area contributed by atoms with Crippen LogP contribution in [0.5, 0.6) is 0 Å². The molecule has 0 heterocycles. The standard InChI is InChI=1S/C10H10N2O3/c1-7(12(14)15)9-4-2-8(3-5-9)6-10(11)13/h2-5H,1,6H2,(H2,11,13). The maximum absolute atomic E-state index is 10.6. The number of rotatable bonds is 4. The van der Waals surface area contributed by atoms with Gasteiger partial charge in [0.2, 0.25) is 5.91 Å². The molecule has 0 saturated carbocycles. The van der Waals surface area contributed by atoms with E-state index < -0.39 is 10.8 Å². The minimum atomic E-state index is -0.552. The number of carbonyl (C=O) groups is 1. The van der Waals surface area contributed by atoms with Crippen molar-refractivity contribution in [3.8, 4) is 0 Å². The number of primary amides is 1. The van der Waals surface area contributed by atoms with Gasteiger partial charge in [0.15, 0.2) is 0 Å². The van der Waals surface area contributed by atoms with E-state index in [-0.39, 0.29) is 12.1 Å². The van der Waals surface area contributed by atoms with Gasteiger partial charge in [-0.1, -0.05) is 12.1 Å². The highest BCUT2D eigenvalue weighted by Gasteiger charge is 2.09. The number of benzene rings is 1. The second kappa shape index (κ2) is 4.36. The zero-order valence-corrected chi connectivity index (χ0v) is 7.97. The van der Waals surface area contributed by atoms with Crippen LogP contribution in [-0.4, -0.2) is 10.8 Å². The zero-order valence-electron chi connectivity index (χ0n) is 7.97. The van der Waals surface area contributed by atoms with Crippen LogP contribution >= 0.6 is 0 Å². The van der Waals surface area contributed by atoms with Crippen LogP contribution in [0.2, 0.25) is 0 Å². The maximum atomic E-state index is 10.6. The van der Waals surface area contributed by atoms with Gasteiger partial charge in [-0.05, 0) is 24.3 Å². The highest BCUT2D eigenvalue weighted by atomic mass is 16.6. The first-order chi connectivity index (χ1) is 7.00. The van der Waals surface area contributed by atoms with Crippen LogP contribution in [0.4, 0.5) is 0 Å². The van der Waals surface area contributed by atoms with Crippen molar-refractivity contribution in [1.82, 2.24) is 0 Å². The molecule has 0 aliphatic heterocycles. The summed E-state index contributed by atoms with van der Waals surface area (Å²) in [6.07, 6.45) is 0.130. The van der Waals surface area contributed by atoms with E-state index in [0.717, 1.165) is 5.56 Å². The van der Waals surface area contributed by atoms with E-state index in [1.165, 1.54) is 0 Å². The summed E-state index contributed by atoms with van der Waals surface area (Å²) < 4.78 is 0. The van der Waals surface area contributed by atoms with Gasteiger partial charge < -0.3 is 5.73 Å². The maximum Gasteiger partial charge on any atom is 0.269 e. The van der Waals surface area contributed by atoms with E-state index in [9.17, 15) is 14.9 Å². The van der Waals surface area contributed by atoms with Crippen molar-refractivity contribution in [1.29, 1.82) is 0 Å². The van der Waals surface area contributed by atoms with E-state index >= 15 is 0 Å². The lowest BCUT2D eigenvalue weighted by Gasteiger charge is -1.99. The molecule has 0 saturated heterocycles. The van der Waals surface area contributed by atoms with Crippen molar-refractivity contribution < 1.29 is 9.72 Å². The number of hydrogen-bond acceptors (Lipinski definition) is 3. The second-order valence-corrected chi connectivity index (χ2v) is 3.04. The van der Waals surface area contributed by atoms with E-state index in [4.69, 9.17) is 5.73 Å². The molecule has 0 aliphatic rings. The molecule has 1 amide bonds. The van der Waals surface area contributed by atoms with Gasteiger partial charge in [-0.3, -0.25) is 14.9 Å². The zero-order chi connectivity index (χ0) is 11.4. The first-order valence-electron chi connectivity index (χ1n) is 4.21. The fourth-order valence-electron chi connectivity index (χ4n) is 1.12. The Labute approximate surface area is 86.4 Å². The largest absolute Gasteiger partial charge is 0.369 e. The van der Waals surface area contributed by atoms with E-state index in [1.54, 1.807) is 24.3 Å². The molecule has 5 nitrogen and oxygen atoms in total. The Bertz CT molecular complexity index is 409. The third kappa shape index (κ3) is 2.91. The Kier molecular flexibility index (Phi) is 3.17. The summed E-state index contributed by atoms with van der Waals surface area (Å²) in [7, 11) is 0. The third-order valence-electron chi connectivity index (χ3n) is 1.89. The predicted molar refractivity (Wildman–Crippen MR) is 55.4 cm³/mol. The Balaban J connectivity index is 2.85. The Hall–Kier alpha value is -2.17. The van der Waals surface area contributed by atoms with E-state index in [1.807, 2.05) is 0 Å². The molecule has 0 aromatic heterocycles. The van der Waals surface area contributed by atoms with Gasteiger partial charge in [0.25, 0.3) is 5.70 Å². The summed E-state index contributed by atoms with van der Waals surface area (Å²) in [5, 5.41) is 10.4. The molecule has 1 rings (SSSR count). The molecule has 0 atom stereocenters.